The monoisotopic (exact) mass is 223 g/mol. The van der Waals surface area contributed by atoms with Crippen molar-refractivity contribution in [3.8, 4) is 0 Å². The van der Waals surface area contributed by atoms with Crippen LogP contribution in [0.25, 0.3) is 0 Å². The lowest BCUT2D eigenvalue weighted by Crippen LogP contribution is -2.34. The fourth-order valence-electron chi connectivity index (χ4n) is 1.44. The average Bonchev–Trinajstić information content (AvgIpc) is 2.30. The van der Waals surface area contributed by atoms with Gasteiger partial charge in [0.1, 0.15) is 0 Å². The molecule has 0 aromatic heterocycles. The molecule has 15 heavy (non-hydrogen) atoms. The molecule has 0 radical (unpaired) electrons. The molecule has 1 aromatic carbocycles. The molecular weight excluding hydrogens is 206 g/mol. The molecule has 1 aromatic rings. The molecule has 0 saturated heterocycles. The summed E-state index contributed by atoms with van der Waals surface area (Å²) in [5, 5.41) is 0.0650. The van der Waals surface area contributed by atoms with Crippen molar-refractivity contribution in [1.82, 2.24) is 0 Å². The predicted octanol–water partition coefficient (Wildman–Crippen LogP) is 2.79. The Bertz CT molecular complexity index is 309. The highest BCUT2D eigenvalue weighted by Crippen LogP contribution is 2.18. The van der Waals surface area contributed by atoms with E-state index in [9.17, 15) is 4.79 Å². The van der Waals surface area contributed by atoms with Gasteiger partial charge in [-0.2, -0.15) is 11.8 Å². The largest absolute Gasteiger partial charge is 0.315 e. The highest BCUT2D eigenvalue weighted by Gasteiger charge is 2.19. The number of rotatable bonds is 4. The zero-order valence-electron chi connectivity index (χ0n) is 9.43. The standard InChI is InChI=1S/C12H17NOS/c1-4-11(15-3)12(14)13(2)10-8-6-5-7-9-10/h5-9,11H,4H2,1-3H3/t11-/m1/s1. The van der Waals surface area contributed by atoms with E-state index in [0.29, 0.717) is 0 Å². The summed E-state index contributed by atoms with van der Waals surface area (Å²) in [6, 6.07) is 9.74. The lowest BCUT2D eigenvalue weighted by Gasteiger charge is -2.21. The zero-order valence-corrected chi connectivity index (χ0v) is 10.3. The Kier molecular flexibility index (Phi) is 4.69. The third-order valence-electron chi connectivity index (χ3n) is 2.40. The van der Waals surface area contributed by atoms with Gasteiger partial charge in [0.05, 0.1) is 5.25 Å². The van der Waals surface area contributed by atoms with Gasteiger partial charge in [-0.15, -0.1) is 0 Å². The van der Waals surface area contributed by atoms with Crippen molar-refractivity contribution in [3.05, 3.63) is 30.3 Å². The fraction of sp³-hybridized carbons (Fsp3) is 0.417. The molecular formula is C12H17NOS. The molecule has 0 aliphatic heterocycles. The highest BCUT2D eigenvalue weighted by atomic mass is 32.2. The van der Waals surface area contributed by atoms with Crippen molar-refractivity contribution in [2.24, 2.45) is 0 Å². The van der Waals surface area contributed by atoms with Crippen molar-refractivity contribution in [3.63, 3.8) is 0 Å². The van der Waals surface area contributed by atoms with Gasteiger partial charge in [0.15, 0.2) is 0 Å². The van der Waals surface area contributed by atoms with Gasteiger partial charge in [-0.05, 0) is 24.8 Å². The minimum atomic E-state index is 0.0650. The molecule has 82 valence electrons. The Morgan fingerprint density at radius 1 is 1.40 bits per heavy atom. The quantitative estimate of drug-likeness (QED) is 0.782. The van der Waals surface area contributed by atoms with E-state index in [1.54, 1.807) is 16.7 Å². The second kappa shape index (κ2) is 5.81. The second-order valence-corrected chi connectivity index (χ2v) is 4.41. The van der Waals surface area contributed by atoms with E-state index in [1.165, 1.54) is 0 Å². The van der Waals surface area contributed by atoms with Crippen molar-refractivity contribution in [1.29, 1.82) is 0 Å². The van der Waals surface area contributed by atoms with Crippen molar-refractivity contribution < 1.29 is 4.79 Å². The fourth-order valence-corrected chi connectivity index (χ4v) is 2.13. The van der Waals surface area contributed by atoms with E-state index >= 15 is 0 Å². The maximum absolute atomic E-state index is 12.0. The topological polar surface area (TPSA) is 20.3 Å². The van der Waals surface area contributed by atoms with Crippen LogP contribution in [0.15, 0.2) is 30.3 Å². The number of thioether (sulfide) groups is 1. The Hall–Kier alpha value is -0.960. The summed E-state index contributed by atoms with van der Waals surface area (Å²) in [6.45, 7) is 2.04. The van der Waals surface area contributed by atoms with E-state index in [-0.39, 0.29) is 11.2 Å². The van der Waals surface area contributed by atoms with E-state index < -0.39 is 0 Å². The summed E-state index contributed by atoms with van der Waals surface area (Å²) in [6.07, 6.45) is 2.85. The zero-order chi connectivity index (χ0) is 11.3. The lowest BCUT2D eigenvalue weighted by molar-refractivity contribution is -0.117. The summed E-state index contributed by atoms with van der Waals surface area (Å²) in [5.41, 5.74) is 0.954. The first-order valence-electron chi connectivity index (χ1n) is 5.06. The summed E-state index contributed by atoms with van der Waals surface area (Å²) in [4.78, 5) is 13.7. The maximum Gasteiger partial charge on any atom is 0.239 e. The molecule has 0 spiro atoms. The van der Waals surface area contributed by atoms with Crippen LogP contribution < -0.4 is 4.90 Å². The predicted molar refractivity (Wildman–Crippen MR) is 67.4 cm³/mol. The number of amides is 1. The molecule has 0 unspecified atom stereocenters. The number of benzene rings is 1. The second-order valence-electron chi connectivity index (χ2n) is 3.37. The molecule has 0 fully saturated rings. The first-order valence-corrected chi connectivity index (χ1v) is 6.35. The van der Waals surface area contributed by atoms with Gasteiger partial charge in [-0.3, -0.25) is 4.79 Å². The van der Waals surface area contributed by atoms with E-state index in [0.717, 1.165) is 12.1 Å². The molecule has 1 amide bonds. The van der Waals surface area contributed by atoms with E-state index in [4.69, 9.17) is 0 Å². The average molecular weight is 223 g/mol. The number of carbonyl (C=O) groups is 1. The third kappa shape index (κ3) is 2.99. The minimum absolute atomic E-state index is 0.0650. The summed E-state index contributed by atoms with van der Waals surface area (Å²) in [5.74, 6) is 0.177. The Labute approximate surface area is 95.7 Å². The van der Waals surface area contributed by atoms with Crippen LogP contribution in [0.5, 0.6) is 0 Å². The Morgan fingerprint density at radius 2 is 2.00 bits per heavy atom. The third-order valence-corrected chi connectivity index (χ3v) is 3.51. The Balaban J connectivity index is 2.76. The van der Waals surface area contributed by atoms with Crippen molar-refractivity contribution in [2.75, 3.05) is 18.2 Å². The van der Waals surface area contributed by atoms with Crippen LogP contribution in [0.3, 0.4) is 0 Å². The first-order chi connectivity index (χ1) is 7.20. The molecule has 0 aliphatic rings. The molecule has 0 aliphatic carbocycles. The SMILES string of the molecule is CC[C@@H](SC)C(=O)N(C)c1ccccc1. The maximum atomic E-state index is 12.0. The molecule has 0 heterocycles. The van der Waals surface area contributed by atoms with Crippen LogP contribution in [-0.2, 0) is 4.79 Å². The van der Waals surface area contributed by atoms with E-state index in [1.807, 2.05) is 50.6 Å². The molecule has 0 saturated carbocycles. The molecule has 1 rings (SSSR count). The van der Waals surface area contributed by atoms with Gasteiger partial charge in [0.25, 0.3) is 0 Å². The smallest absolute Gasteiger partial charge is 0.239 e. The van der Waals surface area contributed by atoms with Crippen LogP contribution >= 0.6 is 11.8 Å². The van der Waals surface area contributed by atoms with Crippen LogP contribution in [-0.4, -0.2) is 24.5 Å². The Morgan fingerprint density at radius 3 is 2.47 bits per heavy atom. The summed E-state index contributed by atoms with van der Waals surface area (Å²) in [7, 11) is 1.83. The molecule has 0 bridgehead atoms. The normalized spacial score (nSPS) is 12.2. The number of para-hydroxylation sites is 1. The number of hydrogen-bond donors (Lipinski definition) is 0. The van der Waals surface area contributed by atoms with E-state index in [2.05, 4.69) is 0 Å². The lowest BCUT2D eigenvalue weighted by atomic mass is 10.2. The van der Waals surface area contributed by atoms with Crippen LogP contribution in [0.1, 0.15) is 13.3 Å². The highest BCUT2D eigenvalue weighted by molar-refractivity contribution is 7.99. The van der Waals surface area contributed by atoms with Gasteiger partial charge in [0.2, 0.25) is 5.91 Å². The van der Waals surface area contributed by atoms with Crippen molar-refractivity contribution in [2.45, 2.75) is 18.6 Å². The number of hydrogen-bond acceptors (Lipinski definition) is 2. The van der Waals surface area contributed by atoms with Gasteiger partial charge in [-0.25, -0.2) is 0 Å². The van der Waals surface area contributed by atoms with Gasteiger partial charge in [0, 0.05) is 12.7 Å². The van der Waals surface area contributed by atoms with Gasteiger partial charge in [-0.1, -0.05) is 25.1 Å². The van der Waals surface area contributed by atoms with Crippen molar-refractivity contribution >= 4 is 23.4 Å². The van der Waals surface area contributed by atoms with Crippen LogP contribution in [0.4, 0.5) is 5.69 Å². The van der Waals surface area contributed by atoms with Gasteiger partial charge < -0.3 is 4.90 Å². The van der Waals surface area contributed by atoms with Crippen LogP contribution in [0, 0.1) is 0 Å². The summed E-state index contributed by atoms with van der Waals surface area (Å²) >= 11 is 1.61. The number of nitrogens with zero attached hydrogens (tertiary/aromatic N) is 1. The first kappa shape index (κ1) is 12.1. The number of carbonyl (C=O) groups excluding carboxylic acids is 1. The number of anilines is 1. The molecule has 1 atom stereocenters. The van der Waals surface area contributed by atoms with Crippen LogP contribution in [0.2, 0.25) is 0 Å². The molecule has 0 N–H and O–H groups in total. The molecule has 2 nitrogen and oxygen atoms in total. The van der Waals surface area contributed by atoms with Gasteiger partial charge >= 0.3 is 0 Å². The molecule has 3 heteroatoms. The summed E-state index contributed by atoms with van der Waals surface area (Å²) < 4.78 is 0. The minimum Gasteiger partial charge on any atom is -0.315 e.